The number of amides is 1. The van der Waals surface area contributed by atoms with Crippen LogP contribution in [-0.2, 0) is 23.7 Å². The highest BCUT2D eigenvalue weighted by atomic mass is 16.7. The molecule has 0 aromatic heterocycles. The zero-order valence-corrected chi connectivity index (χ0v) is 58.4. The highest BCUT2D eigenvalue weighted by Gasteiger charge is 2.51. The highest BCUT2D eigenvalue weighted by Crippen LogP contribution is 2.30. The fourth-order valence-electron chi connectivity index (χ4n) is 13.3. The van der Waals surface area contributed by atoms with E-state index in [1.165, 1.54) is 308 Å². The zero-order chi connectivity index (χ0) is 65.2. The van der Waals surface area contributed by atoms with Crippen LogP contribution in [0.3, 0.4) is 0 Å². The van der Waals surface area contributed by atoms with Gasteiger partial charge in [-0.2, -0.15) is 0 Å². The number of carbonyl (C=O) groups is 1. The first-order valence-corrected chi connectivity index (χ1v) is 38.9. The second-order valence-electron chi connectivity index (χ2n) is 27.9. The van der Waals surface area contributed by atoms with Gasteiger partial charge in [-0.05, 0) is 19.3 Å². The minimum absolute atomic E-state index is 0.229. The van der Waals surface area contributed by atoms with E-state index in [-0.39, 0.29) is 18.9 Å². The topological polar surface area (TPSA) is 228 Å². The van der Waals surface area contributed by atoms with Gasteiger partial charge in [0, 0.05) is 6.42 Å². The second kappa shape index (κ2) is 61.3. The Morgan fingerprint density at radius 3 is 1.02 bits per heavy atom. The van der Waals surface area contributed by atoms with E-state index in [1.807, 2.05) is 6.08 Å². The van der Waals surface area contributed by atoms with Crippen molar-refractivity contribution in [2.45, 2.75) is 447 Å². The summed E-state index contributed by atoms with van der Waals surface area (Å²) in [6, 6.07) is -0.912. The summed E-state index contributed by atoms with van der Waals surface area (Å²) in [6.45, 7) is 2.87. The number of unbranched alkanes of at least 4 members (excludes halogenated alkanes) is 53. The lowest BCUT2D eigenvalue weighted by atomic mass is 9.97. The van der Waals surface area contributed by atoms with Gasteiger partial charge in [0.2, 0.25) is 5.91 Å². The van der Waals surface area contributed by atoms with E-state index in [2.05, 4.69) is 19.2 Å². The van der Waals surface area contributed by atoms with Crippen molar-refractivity contribution in [2.24, 2.45) is 0 Å². The largest absolute Gasteiger partial charge is 0.394 e. The third-order valence-electron chi connectivity index (χ3n) is 19.5. The van der Waals surface area contributed by atoms with Crippen LogP contribution in [-0.4, -0.2) is 140 Å². The van der Waals surface area contributed by atoms with Crippen molar-refractivity contribution in [3.63, 3.8) is 0 Å². The first-order chi connectivity index (χ1) is 44.1. The van der Waals surface area contributed by atoms with Gasteiger partial charge < -0.3 is 65.1 Å². The van der Waals surface area contributed by atoms with Crippen molar-refractivity contribution in [1.29, 1.82) is 0 Å². The lowest BCUT2D eigenvalue weighted by molar-refractivity contribution is -0.359. The van der Waals surface area contributed by atoms with Gasteiger partial charge in [0.1, 0.15) is 48.8 Å². The molecule has 0 bridgehead atoms. The molecular formula is C76H147NO13. The molecule has 2 aliphatic heterocycles. The molecule has 2 aliphatic rings. The van der Waals surface area contributed by atoms with Crippen molar-refractivity contribution in [1.82, 2.24) is 5.32 Å². The van der Waals surface area contributed by atoms with Gasteiger partial charge in [0.15, 0.2) is 12.6 Å². The molecule has 0 saturated carbocycles. The Morgan fingerprint density at radius 1 is 0.389 bits per heavy atom. The van der Waals surface area contributed by atoms with E-state index in [4.69, 9.17) is 18.9 Å². The van der Waals surface area contributed by atoms with Crippen LogP contribution in [0.25, 0.3) is 0 Å². The molecule has 14 nitrogen and oxygen atoms in total. The molecule has 12 atom stereocenters. The molecule has 2 saturated heterocycles. The number of nitrogens with one attached hydrogen (secondary N) is 1. The number of rotatable bonds is 66. The Labute approximate surface area is 552 Å². The Hall–Kier alpha value is -1.27. The van der Waals surface area contributed by atoms with Crippen LogP contribution in [0.1, 0.15) is 373 Å². The fraction of sp³-hybridized carbons (Fsp3) is 0.961. The number of hydrogen-bond donors (Lipinski definition) is 9. The summed E-state index contributed by atoms with van der Waals surface area (Å²) in [5.74, 6) is -0.229. The molecule has 9 N–H and O–H groups in total. The van der Waals surface area contributed by atoms with Crippen LogP contribution >= 0.6 is 0 Å². The van der Waals surface area contributed by atoms with Crippen LogP contribution in [0.15, 0.2) is 12.2 Å². The fourth-order valence-corrected chi connectivity index (χ4v) is 13.3. The molecule has 90 heavy (non-hydrogen) atoms. The SMILES string of the molecule is CCCCCCCCCCCCCCCCCCCCCCCC/C=C/C(O)C(COC1OC(CO)C(OC2OC(CO)C(O)C(O)C2O)C(O)C1O)NC(=O)CCCCCCCCCCCCCCCCCCCCCCCCCCCCCCCCCC. The monoisotopic (exact) mass is 1280 g/mol. The average Bonchev–Trinajstić information content (AvgIpc) is 3.71. The van der Waals surface area contributed by atoms with Crippen LogP contribution in [0, 0.1) is 0 Å². The lowest BCUT2D eigenvalue weighted by Crippen LogP contribution is -2.65. The maximum atomic E-state index is 13.4. The molecular weight excluding hydrogens is 1130 g/mol. The number of hydrogen-bond acceptors (Lipinski definition) is 13. The van der Waals surface area contributed by atoms with Crippen LogP contribution in [0.4, 0.5) is 0 Å². The second-order valence-corrected chi connectivity index (χ2v) is 27.9. The third-order valence-corrected chi connectivity index (χ3v) is 19.5. The van der Waals surface area contributed by atoms with Gasteiger partial charge in [-0.3, -0.25) is 4.79 Å². The van der Waals surface area contributed by atoms with Crippen LogP contribution < -0.4 is 5.32 Å². The number of aliphatic hydroxyl groups is 8. The molecule has 0 spiro atoms. The third kappa shape index (κ3) is 44.5. The highest BCUT2D eigenvalue weighted by molar-refractivity contribution is 5.76. The normalized spacial score (nSPS) is 22.9. The average molecular weight is 1280 g/mol. The Balaban J connectivity index is 1.62. The summed E-state index contributed by atoms with van der Waals surface area (Å²) >= 11 is 0. The summed E-state index contributed by atoms with van der Waals surface area (Å²) in [5, 5.41) is 87.6. The standard InChI is InChI=1S/C76H147NO13/c1-3-5-7-9-11-13-15-17-19-21-23-25-27-29-30-31-32-33-34-35-36-38-40-42-44-46-48-50-52-54-56-58-60-68(81)77-64(63-87-75-73(86)71(84)74(67(62-79)89-75)90-76-72(85)70(83)69(82)66(61-78)88-76)65(80)59-57-55-53-51-49-47-45-43-41-39-37-28-26-24-22-20-18-16-14-12-10-8-6-4-2/h57,59,64-67,69-76,78-80,82-86H,3-56,58,60-63H2,1-2H3,(H,77,81)/b59-57+. The molecule has 2 heterocycles. The Morgan fingerprint density at radius 2 is 0.689 bits per heavy atom. The quantitative estimate of drug-likeness (QED) is 0.0204. The van der Waals surface area contributed by atoms with Crippen molar-refractivity contribution in [2.75, 3.05) is 19.8 Å². The van der Waals surface area contributed by atoms with Crippen molar-refractivity contribution < 1.29 is 64.6 Å². The van der Waals surface area contributed by atoms with Gasteiger partial charge in [-0.15, -0.1) is 0 Å². The molecule has 0 aromatic rings. The van der Waals surface area contributed by atoms with E-state index in [0.717, 1.165) is 44.9 Å². The molecule has 0 radical (unpaired) electrons. The lowest BCUT2D eigenvalue weighted by Gasteiger charge is -2.46. The van der Waals surface area contributed by atoms with E-state index in [9.17, 15) is 45.6 Å². The maximum Gasteiger partial charge on any atom is 0.220 e. The Kier molecular flexibility index (Phi) is 57.8. The summed E-state index contributed by atoms with van der Waals surface area (Å²) in [5.41, 5.74) is 0. The predicted octanol–water partition coefficient (Wildman–Crippen LogP) is 16.9. The first kappa shape index (κ1) is 84.8. The summed E-state index contributed by atoms with van der Waals surface area (Å²) < 4.78 is 22.9. The van der Waals surface area contributed by atoms with Crippen molar-refractivity contribution >= 4 is 5.91 Å². The zero-order valence-electron chi connectivity index (χ0n) is 58.4. The van der Waals surface area contributed by atoms with E-state index < -0.39 is 86.8 Å². The number of ether oxygens (including phenoxy) is 4. The number of aliphatic hydroxyl groups excluding tert-OH is 8. The van der Waals surface area contributed by atoms with E-state index in [0.29, 0.717) is 0 Å². The molecule has 14 heteroatoms. The van der Waals surface area contributed by atoms with Crippen LogP contribution in [0.5, 0.6) is 0 Å². The molecule has 2 rings (SSSR count). The van der Waals surface area contributed by atoms with E-state index in [1.54, 1.807) is 6.08 Å². The smallest absolute Gasteiger partial charge is 0.220 e. The molecule has 12 unspecified atom stereocenters. The molecule has 1 amide bonds. The predicted molar refractivity (Wildman–Crippen MR) is 369 cm³/mol. The first-order valence-electron chi connectivity index (χ1n) is 38.9. The van der Waals surface area contributed by atoms with Gasteiger partial charge >= 0.3 is 0 Å². The van der Waals surface area contributed by atoms with Gasteiger partial charge in [0.05, 0.1) is 32.0 Å². The summed E-state index contributed by atoms with van der Waals surface area (Å²) in [7, 11) is 0. The minimum atomic E-state index is -1.79. The summed E-state index contributed by atoms with van der Waals surface area (Å²) in [6.07, 6.45) is 60.1. The Bertz CT molecular complexity index is 1560. The van der Waals surface area contributed by atoms with Crippen LogP contribution in [0.2, 0.25) is 0 Å². The maximum absolute atomic E-state index is 13.4. The molecule has 2 fully saturated rings. The van der Waals surface area contributed by atoms with E-state index >= 15 is 0 Å². The van der Waals surface area contributed by atoms with Crippen molar-refractivity contribution in [3.8, 4) is 0 Å². The minimum Gasteiger partial charge on any atom is -0.394 e. The molecule has 534 valence electrons. The van der Waals surface area contributed by atoms with Gasteiger partial charge in [0.25, 0.3) is 0 Å². The molecule has 0 aromatic carbocycles. The number of allylic oxidation sites excluding steroid dienone is 1. The van der Waals surface area contributed by atoms with Gasteiger partial charge in [-0.1, -0.05) is 360 Å². The molecule has 0 aliphatic carbocycles. The van der Waals surface area contributed by atoms with Gasteiger partial charge in [-0.25, -0.2) is 0 Å². The summed E-state index contributed by atoms with van der Waals surface area (Å²) in [4.78, 5) is 13.4. The van der Waals surface area contributed by atoms with Crippen molar-refractivity contribution in [3.05, 3.63) is 12.2 Å². The number of carbonyl (C=O) groups excluding carboxylic acids is 1.